The van der Waals surface area contributed by atoms with Gasteiger partial charge in [0.25, 0.3) is 11.8 Å². The second-order valence-electron chi connectivity index (χ2n) is 6.56. The summed E-state index contributed by atoms with van der Waals surface area (Å²) in [6.45, 7) is 3.02. The molecule has 1 aliphatic heterocycles. The van der Waals surface area contributed by atoms with Crippen molar-refractivity contribution in [1.29, 1.82) is 0 Å². The second kappa shape index (κ2) is 8.19. The molecule has 0 unspecified atom stereocenters. The predicted octanol–water partition coefficient (Wildman–Crippen LogP) is 3.48. The van der Waals surface area contributed by atoms with Crippen LogP contribution in [0.3, 0.4) is 0 Å². The van der Waals surface area contributed by atoms with Gasteiger partial charge in [-0.05, 0) is 44.4 Å². The van der Waals surface area contributed by atoms with Crippen LogP contribution in [-0.4, -0.2) is 43.0 Å². The lowest BCUT2D eigenvalue weighted by atomic mass is 10.1. The summed E-state index contributed by atoms with van der Waals surface area (Å²) in [6, 6.07) is 8.64. The van der Waals surface area contributed by atoms with Crippen molar-refractivity contribution in [3.05, 3.63) is 53.5 Å². The molecule has 1 aromatic carbocycles. The van der Waals surface area contributed by atoms with Crippen LogP contribution in [0, 0.1) is 6.92 Å². The number of ether oxygens (including phenoxy) is 1. The molecule has 1 atom stereocenters. The number of benzene rings is 1. The number of nitrogens with one attached hydrogen (secondary N) is 1. The lowest BCUT2D eigenvalue weighted by Gasteiger charge is -2.28. The van der Waals surface area contributed by atoms with Crippen LogP contribution in [0.5, 0.6) is 0 Å². The molecule has 2 amide bonds. The van der Waals surface area contributed by atoms with E-state index in [1.54, 1.807) is 49.2 Å². The molecular weight excluding hydrogens is 332 g/mol. The first kappa shape index (κ1) is 18.2. The molecule has 0 aliphatic carbocycles. The van der Waals surface area contributed by atoms with Gasteiger partial charge in [0.1, 0.15) is 5.76 Å². The summed E-state index contributed by atoms with van der Waals surface area (Å²) in [5.74, 6) is 0.103. The Kier molecular flexibility index (Phi) is 5.73. The van der Waals surface area contributed by atoms with Crippen molar-refractivity contribution in [2.45, 2.75) is 32.3 Å². The Morgan fingerprint density at radius 2 is 2.00 bits per heavy atom. The van der Waals surface area contributed by atoms with Crippen molar-refractivity contribution in [3.8, 4) is 0 Å². The van der Waals surface area contributed by atoms with Gasteiger partial charge in [0.15, 0.2) is 0 Å². The van der Waals surface area contributed by atoms with Crippen molar-refractivity contribution in [2.24, 2.45) is 0 Å². The average molecular weight is 356 g/mol. The molecule has 2 aromatic rings. The Balaban J connectivity index is 1.72. The maximum absolute atomic E-state index is 12.9. The SMILES string of the molecule is Cc1occc1C(=O)Nc1ccccc1C(=O)N(C)C[C@@H]1CCCCO1. The third-order valence-corrected chi connectivity index (χ3v) is 4.61. The summed E-state index contributed by atoms with van der Waals surface area (Å²) in [5, 5.41) is 2.82. The van der Waals surface area contributed by atoms with Gasteiger partial charge in [-0.25, -0.2) is 0 Å². The summed E-state index contributed by atoms with van der Waals surface area (Å²) in [6.07, 6.45) is 4.72. The molecule has 0 radical (unpaired) electrons. The molecule has 0 saturated carbocycles. The molecule has 138 valence electrons. The number of furan rings is 1. The third kappa shape index (κ3) is 4.14. The highest BCUT2D eigenvalue weighted by atomic mass is 16.5. The zero-order valence-corrected chi connectivity index (χ0v) is 15.2. The number of nitrogens with zero attached hydrogens (tertiary/aromatic N) is 1. The van der Waals surface area contributed by atoms with E-state index in [-0.39, 0.29) is 17.9 Å². The van der Waals surface area contributed by atoms with E-state index in [2.05, 4.69) is 5.32 Å². The minimum absolute atomic E-state index is 0.0769. The normalized spacial score (nSPS) is 16.9. The second-order valence-corrected chi connectivity index (χ2v) is 6.56. The lowest BCUT2D eigenvalue weighted by molar-refractivity contribution is -0.000171. The molecule has 0 bridgehead atoms. The van der Waals surface area contributed by atoms with Gasteiger partial charge in [0.05, 0.1) is 29.2 Å². The lowest BCUT2D eigenvalue weighted by Crippen LogP contribution is -2.37. The highest BCUT2D eigenvalue weighted by molar-refractivity contribution is 6.09. The minimum atomic E-state index is -0.297. The number of hydrogen-bond acceptors (Lipinski definition) is 4. The largest absolute Gasteiger partial charge is 0.469 e. The van der Waals surface area contributed by atoms with Crippen molar-refractivity contribution in [3.63, 3.8) is 0 Å². The van der Waals surface area contributed by atoms with E-state index in [9.17, 15) is 9.59 Å². The van der Waals surface area contributed by atoms with Crippen LogP contribution in [0.15, 0.2) is 41.0 Å². The number of anilines is 1. The maximum Gasteiger partial charge on any atom is 0.259 e. The van der Waals surface area contributed by atoms with E-state index in [1.165, 1.54) is 6.26 Å². The smallest absolute Gasteiger partial charge is 0.259 e. The van der Waals surface area contributed by atoms with Gasteiger partial charge >= 0.3 is 0 Å². The number of aryl methyl sites for hydroxylation is 1. The van der Waals surface area contributed by atoms with Crippen LogP contribution in [-0.2, 0) is 4.74 Å². The molecule has 2 heterocycles. The molecule has 6 nitrogen and oxygen atoms in total. The van der Waals surface area contributed by atoms with Crippen LogP contribution < -0.4 is 5.32 Å². The van der Waals surface area contributed by atoms with Crippen LogP contribution >= 0.6 is 0 Å². The number of rotatable bonds is 5. The van der Waals surface area contributed by atoms with Crippen LogP contribution in [0.2, 0.25) is 0 Å². The number of para-hydroxylation sites is 1. The number of likely N-dealkylation sites (N-methyl/N-ethyl adjacent to an activating group) is 1. The highest BCUT2D eigenvalue weighted by Gasteiger charge is 2.22. The van der Waals surface area contributed by atoms with E-state index in [4.69, 9.17) is 9.15 Å². The topological polar surface area (TPSA) is 71.8 Å². The number of carbonyl (C=O) groups excluding carboxylic acids is 2. The van der Waals surface area contributed by atoms with Gasteiger partial charge in [-0.15, -0.1) is 0 Å². The third-order valence-electron chi connectivity index (χ3n) is 4.61. The minimum Gasteiger partial charge on any atom is -0.469 e. The molecule has 3 rings (SSSR count). The van der Waals surface area contributed by atoms with E-state index in [1.807, 2.05) is 0 Å². The van der Waals surface area contributed by atoms with Gasteiger partial charge in [0, 0.05) is 20.2 Å². The Labute approximate surface area is 153 Å². The molecule has 1 saturated heterocycles. The Bertz CT molecular complexity index is 778. The Morgan fingerprint density at radius 1 is 1.19 bits per heavy atom. The predicted molar refractivity (Wildman–Crippen MR) is 98.4 cm³/mol. The van der Waals surface area contributed by atoms with Gasteiger partial charge in [-0.2, -0.15) is 0 Å². The van der Waals surface area contributed by atoms with Crippen molar-refractivity contribution < 1.29 is 18.7 Å². The maximum atomic E-state index is 12.9. The van der Waals surface area contributed by atoms with Gasteiger partial charge < -0.3 is 19.4 Å². The number of amides is 2. The monoisotopic (exact) mass is 356 g/mol. The fourth-order valence-electron chi connectivity index (χ4n) is 3.13. The molecule has 26 heavy (non-hydrogen) atoms. The summed E-state index contributed by atoms with van der Waals surface area (Å²) in [7, 11) is 1.76. The van der Waals surface area contributed by atoms with E-state index < -0.39 is 0 Å². The summed E-state index contributed by atoms with van der Waals surface area (Å²) < 4.78 is 10.9. The first-order valence-electron chi connectivity index (χ1n) is 8.88. The summed E-state index contributed by atoms with van der Waals surface area (Å²) in [4.78, 5) is 27.0. The average Bonchev–Trinajstić information content (AvgIpc) is 3.08. The van der Waals surface area contributed by atoms with E-state index >= 15 is 0 Å². The molecule has 6 heteroatoms. The fraction of sp³-hybridized carbons (Fsp3) is 0.400. The highest BCUT2D eigenvalue weighted by Crippen LogP contribution is 2.20. The van der Waals surface area contributed by atoms with Crippen molar-refractivity contribution in [1.82, 2.24) is 4.90 Å². The number of carbonyl (C=O) groups is 2. The van der Waals surface area contributed by atoms with Gasteiger partial charge in [-0.1, -0.05) is 12.1 Å². The first-order chi connectivity index (χ1) is 12.6. The Morgan fingerprint density at radius 3 is 2.69 bits per heavy atom. The van der Waals surface area contributed by atoms with Crippen LogP contribution in [0.1, 0.15) is 45.7 Å². The van der Waals surface area contributed by atoms with Crippen molar-refractivity contribution in [2.75, 3.05) is 25.5 Å². The molecule has 1 aromatic heterocycles. The standard InChI is InChI=1S/C20H24N2O4/c1-14-16(10-12-25-14)19(23)21-18-9-4-3-8-17(18)20(24)22(2)13-15-7-5-6-11-26-15/h3-4,8-10,12,15H,5-7,11,13H2,1-2H3,(H,21,23)/t15-/m0/s1. The van der Waals surface area contributed by atoms with E-state index in [0.29, 0.717) is 29.1 Å². The fourth-order valence-corrected chi connectivity index (χ4v) is 3.13. The molecule has 0 spiro atoms. The number of hydrogen-bond donors (Lipinski definition) is 1. The van der Waals surface area contributed by atoms with E-state index in [0.717, 1.165) is 25.9 Å². The molecule has 1 fully saturated rings. The van der Waals surface area contributed by atoms with Crippen LogP contribution in [0.4, 0.5) is 5.69 Å². The Hall–Kier alpha value is -2.60. The first-order valence-corrected chi connectivity index (χ1v) is 8.88. The molecule has 1 aliphatic rings. The molecule has 1 N–H and O–H groups in total. The zero-order valence-electron chi connectivity index (χ0n) is 15.2. The van der Waals surface area contributed by atoms with Crippen LogP contribution in [0.25, 0.3) is 0 Å². The zero-order chi connectivity index (χ0) is 18.5. The summed E-state index contributed by atoms with van der Waals surface area (Å²) in [5.41, 5.74) is 1.40. The van der Waals surface area contributed by atoms with Crippen molar-refractivity contribution >= 4 is 17.5 Å². The van der Waals surface area contributed by atoms with Gasteiger partial charge in [-0.3, -0.25) is 9.59 Å². The summed E-state index contributed by atoms with van der Waals surface area (Å²) >= 11 is 0. The quantitative estimate of drug-likeness (QED) is 0.890. The molecular formula is C20H24N2O4. The van der Waals surface area contributed by atoms with Gasteiger partial charge in [0.2, 0.25) is 0 Å².